The Morgan fingerprint density at radius 2 is 1.62 bits per heavy atom. The van der Waals surface area contributed by atoms with Crippen LogP contribution in [-0.4, -0.2) is 58.0 Å². The Balaban J connectivity index is 1.83. The third-order valence-corrected chi connectivity index (χ3v) is 6.56. The number of aliphatic carboxylic acids is 1. The highest BCUT2D eigenvalue weighted by Gasteiger charge is 2.19. The standard InChI is InChI=1S/C30H32N4O5/c1-5-33(3)23-11-7-19(8-12-23)27-28(20-9-13-24(14-10-20)34(6-2)17-26(36)37)32-30(31-27)21-15-22(18-35)29(38)25(16-21)39-4/h3,7-16,35,38H,5-6,17-18H2,1-2,4H3,(H,31,32)(H,36,37). The van der Waals surface area contributed by atoms with Crippen LogP contribution in [-0.2, 0) is 11.4 Å². The number of likely N-dealkylation sites (N-methyl/N-ethyl adjacent to an activating group) is 1. The van der Waals surface area contributed by atoms with Crippen LogP contribution in [0.15, 0.2) is 60.7 Å². The van der Waals surface area contributed by atoms with E-state index < -0.39 is 5.97 Å². The lowest BCUT2D eigenvalue weighted by Gasteiger charge is -2.21. The number of methoxy groups -OCH3 is 1. The molecule has 0 fully saturated rings. The van der Waals surface area contributed by atoms with E-state index in [0.29, 0.717) is 35.7 Å². The first-order chi connectivity index (χ1) is 18.8. The number of aliphatic hydroxyl groups excluding tert-OH is 1. The lowest BCUT2D eigenvalue weighted by molar-refractivity contribution is -0.135. The Morgan fingerprint density at radius 1 is 0.974 bits per heavy atom. The molecule has 4 aromatic rings. The molecule has 0 aliphatic heterocycles. The van der Waals surface area contributed by atoms with Crippen molar-refractivity contribution >= 4 is 17.3 Å². The second-order valence-electron chi connectivity index (χ2n) is 8.94. The average molecular weight is 529 g/mol. The van der Waals surface area contributed by atoms with E-state index in [4.69, 9.17) is 16.8 Å². The number of ether oxygens (including phenoxy) is 1. The number of aromatic amines is 1. The van der Waals surface area contributed by atoms with Crippen molar-refractivity contribution in [3.05, 3.63) is 73.3 Å². The first kappa shape index (κ1) is 27.5. The molecule has 0 aliphatic rings. The number of carbonyl (C=O) groups is 1. The molecule has 2 radical (unpaired) electrons. The van der Waals surface area contributed by atoms with E-state index in [1.807, 2.05) is 62.4 Å². The van der Waals surface area contributed by atoms with Gasteiger partial charge >= 0.3 is 5.97 Å². The van der Waals surface area contributed by atoms with Gasteiger partial charge in [0.1, 0.15) is 12.4 Å². The number of hydrogen-bond acceptors (Lipinski definition) is 7. The molecule has 0 unspecified atom stereocenters. The Labute approximate surface area is 227 Å². The highest BCUT2D eigenvalue weighted by atomic mass is 16.5. The highest BCUT2D eigenvalue weighted by molar-refractivity contribution is 5.83. The topological polar surface area (TPSA) is 122 Å². The minimum atomic E-state index is -0.893. The Morgan fingerprint density at radius 3 is 2.18 bits per heavy atom. The van der Waals surface area contributed by atoms with Crippen molar-refractivity contribution in [1.29, 1.82) is 0 Å². The van der Waals surface area contributed by atoms with Crippen LogP contribution < -0.4 is 14.5 Å². The minimum Gasteiger partial charge on any atom is -0.504 e. The van der Waals surface area contributed by atoms with Crippen LogP contribution in [0.1, 0.15) is 19.4 Å². The van der Waals surface area contributed by atoms with E-state index in [1.54, 1.807) is 21.9 Å². The lowest BCUT2D eigenvalue weighted by Crippen LogP contribution is -2.29. The molecule has 39 heavy (non-hydrogen) atoms. The van der Waals surface area contributed by atoms with Gasteiger partial charge in [0.2, 0.25) is 0 Å². The molecule has 4 rings (SSSR count). The Kier molecular flexibility index (Phi) is 8.41. The number of nitrogens with zero attached hydrogens (tertiary/aromatic N) is 3. The number of aromatic hydroxyl groups is 1. The summed E-state index contributed by atoms with van der Waals surface area (Å²) < 4.78 is 5.31. The predicted octanol–water partition coefficient (Wildman–Crippen LogP) is 5.02. The van der Waals surface area contributed by atoms with Crippen LogP contribution in [0.5, 0.6) is 11.5 Å². The van der Waals surface area contributed by atoms with Crippen molar-refractivity contribution in [1.82, 2.24) is 9.97 Å². The summed E-state index contributed by atoms with van der Waals surface area (Å²) in [5.74, 6) is -0.261. The van der Waals surface area contributed by atoms with E-state index in [9.17, 15) is 20.1 Å². The predicted molar refractivity (Wildman–Crippen MR) is 152 cm³/mol. The second kappa shape index (κ2) is 11.9. The molecule has 0 saturated heterocycles. The van der Waals surface area contributed by atoms with Crippen LogP contribution >= 0.6 is 0 Å². The van der Waals surface area contributed by atoms with Gasteiger partial charge in [0, 0.05) is 46.7 Å². The number of anilines is 2. The zero-order chi connectivity index (χ0) is 28.1. The van der Waals surface area contributed by atoms with Crippen molar-refractivity contribution in [3.63, 3.8) is 0 Å². The van der Waals surface area contributed by atoms with Crippen LogP contribution in [0, 0.1) is 7.05 Å². The molecular formula is C30H32N4O5. The fourth-order valence-corrected chi connectivity index (χ4v) is 4.39. The van der Waals surface area contributed by atoms with Gasteiger partial charge in [-0.3, -0.25) is 4.79 Å². The van der Waals surface area contributed by atoms with Gasteiger partial charge in [-0.25, -0.2) is 4.98 Å². The fourth-order valence-electron chi connectivity index (χ4n) is 4.39. The van der Waals surface area contributed by atoms with E-state index in [0.717, 1.165) is 28.2 Å². The number of nitrogens with one attached hydrogen (secondary N) is 1. The highest BCUT2D eigenvalue weighted by Crippen LogP contribution is 2.38. The lowest BCUT2D eigenvalue weighted by atomic mass is 10.0. The number of benzene rings is 3. The van der Waals surface area contributed by atoms with Crippen LogP contribution in [0.4, 0.5) is 11.4 Å². The molecule has 0 bridgehead atoms. The summed E-state index contributed by atoms with van der Waals surface area (Å²) in [5.41, 5.74) is 5.78. The zero-order valence-corrected chi connectivity index (χ0v) is 22.2. The number of carboxylic acid groups (broad SMARTS) is 1. The van der Waals surface area contributed by atoms with Crippen LogP contribution in [0.3, 0.4) is 0 Å². The van der Waals surface area contributed by atoms with Gasteiger partial charge in [0.25, 0.3) is 0 Å². The van der Waals surface area contributed by atoms with Crippen LogP contribution in [0.2, 0.25) is 0 Å². The summed E-state index contributed by atoms with van der Waals surface area (Å²) in [6.07, 6.45) is 0. The Bertz CT molecular complexity index is 1410. The molecule has 0 spiro atoms. The quantitative estimate of drug-likeness (QED) is 0.200. The molecule has 1 heterocycles. The smallest absolute Gasteiger partial charge is 0.323 e. The van der Waals surface area contributed by atoms with Crippen molar-refractivity contribution in [2.24, 2.45) is 0 Å². The third-order valence-electron chi connectivity index (χ3n) is 6.56. The van der Waals surface area contributed by atoms with E-state index in [2.05, 4.69) is 4.98 Å². The molecule has 1 aromatic heterocycles. The molecular weight excluding hydrogens is 496 g/mol. The normalized spacial score (nSPS) is 10.9. The Hall–Kier alpha value is -4.50. The maximum absolute atomic E-state index is 11.3. The summed E-state index contributed by atoms with van der Waals surface area (Å²) in [6, 6.07) is 18.7. The molecule has 9 heteroatoms. The van der Waals surface area contributed by atoms with Gasteiger partial charge in [0.05, 0.1) is 32.2 Å². The largest absolute Gasteiger partial charge is 0.504 e. The molecule has 9 nitrogen and oxygen atoms in total. The number of aliphatic hydroxyl groups is 1. The van der Waals surface area contributed by atoms with Gasteiger partial charge < -0.3 is 34.8 Å². The van der Waals surface area contributed by atoms with Crippen molar-refractivity contribution in [2.75, 3.05) is 36.5 Å². The summed E-state index contributed by atoms with van der Waals surface area (Å²) in [4.78, 5) is 23.0. The van der Waals surface area contributed by atoms with Gasteiger partial charge in [-0.05, 0) is 50.2 Å². The molecule has 0 aliphatic carbocycles. The monoisotopic (exact) mass is 528 g/mol. The molecule has 202 valence electrons. The van der Waals surface area contributed by atoms with Crippen molar-refractivity contribution in [2.45, 2.75) is 20.5 Å². The number of hydrogen-bond donors (Lipinski definition) is 4. The average Bonchev–Trinajstić information content (AvgIpc) is 3.41. The summed E-state index contributed by atoms with van der Waals surface area (Å²) in [7, 11) is 7.50. The minimum absolute atomic E-state index is 0.0898. The molecule has 0 atom stereocenters. The number of rotatable bonds is 11. The number of phenols is 1. The zero-order valence-electron chi connectivity index (χ0n) is 22.2. The fraction of sp³-hybridized carbons (Fsp3) is 0.233. The maximum Gasteiger partial charge on any atom is 0.323 e. The first-order valence-corrected chi connectivity index (χ1v) is 12.6. The van der Waals surface area contributed by atoms with Gasteiger partial charge in [0.15, 0.2) is 11.5 Å². The SMILES string of the molecule is [CH]N(CC)c1ccc(-c2nc(-c3cc(CO)c(O)c(OC)c3)[nH]c2-c2ccc(N(CC)CC(=O)O)cc2)cc1. The molecule has 4 N–H and O–H groups in total. The van der Waals surface area contributed by atoms with E-state index >= 15 is 0 Å². The molecule has 0 saturated carbocycles. The van der Waals surface area contributed by atoms with Crippen molar-refractivity contribution in [3.8, 4) is 45.4 Å². The third kappa shape index (κ3) is 5.83. The number of imidazole rings is 1. The van der Waals surface area contributed by atoms with E-state index in [-0.39, 0.29) is 24.7 Å². The van der Waals surface area contributed by atoms with Gasteiger partial charge in [-0.2, -0.15) is 0 Å². The molecule has 0 amide bonds. The maximum atomic E-state index is 11.3. The summed E-state index contributed by atoms with van der Waals surface area (Å²) in [6.45, 7) is 4.65. The summed E-state index contributed by atoms with van der Waals surface area (Å²) in [5, 5.41) is 29.3. The molecule has 3 aromatic carbocycles. The van der Waals surface area contributed by atoms with E-state index in [1.165, 1.54) is 7.11 Å². The second-order valence-corrected chi connectivity index (χ2v) is 8.94. The van der Waals surface area contributed by atoms with Gasteiger partial charge in [-0.1, -0.05) is 24.3 Å². The van der Waals surface area contributed by atoms with Crippen molar-refractivity contribution < 1.29 is 24.9 Å². The first-order valence-electron chi connectivity index (χ1n) is 12.6. The summed E-state index contributed by atoms with van der Waals surface area (Å²) >= 11 is 0. The van der Waals surface area contributed by atoms with Crippen LogP contribution in [0.25, 0.3) is 33.9 Å². The number of H-pyrrole nitrogens is 1. The number of aromatic nitrogens is 2. The van der Waals surface area contributed by atoms with Gasteiger partial charge in [-0.15, -0.1) is 0 Å². The number of carboxylic acids is 1.